The average Bonchev–Trinajstić information content (AvgIpc) is 2.94. The van der Waals surface area contributed by atoms with Crippen molar-refractivity contribution in [1.82, 2.24) is 4.98 Å². The third kappa shape index (κ3) is 3.07. The summed E-state index contributed by atoms with van der Waals surface area (Å²) in [7, 11) is 0. The molecular formula is C36H33N2+. The molecule has 186 valence electrons. The number of hydrogen-bond acceptors (Lipinski definition) is 1. The monoisotopic (exact) mass is 493 g/mol. The number of rotatable bonds is 2. The lowest BCUT2D eigenvalue weighted by molar-refractivity contribution is -0.756. The second kappa shape index (κ2) is 7.74. The molecule has 2 atom stereocenters. The van der Waals surface area contributed by atoms with Gasteiger partial charge in [-0.3, -0.25) is 0 Å². The predicted octanol–water partition coefficient (Wildman–Crippen LogP) is 8.38. The van der Waals surface area contributed by atoms with Crippen LogP contribution in [-0.4, -0.2) is 4.98 Å². The highest BCUT2D eigenvalue weighted by Gasteiger charge is 2.59. The van der Waals surface area contributed by atoms with Crippen LogP contribution in [-0.2, 0) is 16.4 Å². The molecule has 5 aromatic rings. The van der Waals surface area contributed by atoms with Crippen LogP contribution in [0.5, 0.6) is 0 Å². The summed E-state index contributed by atoms with van der Waals surface area (Å²) in [6.07, 6.45) is 6.99. The highest BCUT2D eigenvalue weighted by Crippen LogP contribution is 2.55. The molecule has 0 saturated carbocycles. The Morgan fingerprint density at radius 2 is 1.32 bits per heavy atom. The smallest absolute Gasteiger partial charge is 0.220 e. The van der Waals surface area contributed by atoms with Crippen molar-refractivity contribution in [2.45, 2.75) is 51.0 Å². The van der Waals surface area contributed by atoms with Crippen LogP contribution in [0.25, 0.3) is 44.5 Å². The molecule has 2 heterocycles. The lowest BCUT2D eigenvalue weighted by Gasteiger charge is -2.51. The quantitative estimate of drug-likeness (QED) is 0.178. The van der Waals surface area contributed by atoms with Crippen LogP contribution in [0.4, 0.5) is 0 Å². The van der Waals surface area contributed by atoms with Crippen molar-refractivity contribution in [1.29, 1.82) is 0 Å². The summed E-state index contributed by atoms with van der Waals surface area (Å²) >= 11 is 0. The second-order valence-corrected chi connectivity index (χ2v) is 12.3. The van der Waals surface area contributed by atoms with E-state index in [4.69, 9.17) is 4.98 Å². The summed E-state index contributed by atoms with van der Waals surface area (Å²) in [6.45, 7) is 11.7. The van der Waals surface area contributed by atoms with Gasteiger partial charge in [0, 0.05) is 11.6 Å². The lowest BCUT2D eigenvalue weighted by Crippen LogP contribution is -2.70. The molecule has 0 bridgehead atoms. The van der Waals surface area contributed by atoms with E-state index in [0.29, 0.717) is 0 Å². The second-order valence-electron chi connectivity index (χ2n) is 12.3. The summed E-state index contributed by atoms with van der Waals surface area (Å²) in [5, 5.41) is 2.70. The molecule has 2 heteroatoms. The maximum Gasteiger partial charge on any atom is 0.332 e. The zero-order valence-corrected chi connectivity index (χ0v) is 22.8. The van der Waals surface area contributed by atoms with Gasteiger partial charge in [0.15, 0.2) is 5.69 Å². The number of fused-ring (bicyclic) bond motifs is 8. The van der Waals surface area contributed by atoms with Crippen LogP contribution in [0, 0.1) is 0 Å². The van der Waals surface area contributed by atoms with E-state index >= 15 is 0 Å². The summed E-state index contributed by atoms with van der Waals surface area (Å²) in [4.78, 5) is 5.38. The van der Waals surface area contributed by atoms with Gasteiger partial charge in [0.2, 0.25) is 0 Å². The number of hydrogen-bond donors (Lipinski definition) is 0. The first-order chi connectivity index (χ1) is 18.2. The van der Waals surface area contributed by atoms with Crippen molar-refractivity contribution in [2.24, 2.45) is 0 Å². The van der Waals surface area contributed by atoms with Crippen LogP contribution in [0.1, 0.15) is 45.7 Å². The van der Waals surface area contributed by atoms with E-state index in [1.54, 1.807) is 0 Å². The summed E-state index contributed by atoms with van der Waals surface area (Å²) in [5.41, 5.74) is 8.35. The van der Waals surface area contributed by atoms with E-state index in [1.807, 2.05) is 0 Å². The molecule has 4 aromatic carbocycles. The maximum absolute atomic E-state index is 5.38. The fourth-order valence-electron chi connectivity index (χ4n) is 6.58. The summed E-state index contributed by atoms with van der Waals surface area (Å²) in [5.74, 6) is 1.05. The van der Waals surface area contributed by atoms with Crippen LogP contribution in [0.2, 0.25) is 0 Å². The van der Waals surface area contributed by atoms with Gasteiger partial charge in [-0.15, -0.1) is 0 Å². The predicted molar refractivity (Wildman–Crippen MR) is 157 cm³/mol. The Kier molecular flexibility index (Phi) is 4.70. The Bertz CT molecular complexity index is 1760. The number of allylic oxidation sites excluding steroid dienone is 2. The van der Waals surface area contributed by atoms with Crippen molar-refractivity contribution in [3.05, 3.63) is 120 Å². The molecule has 1 aliphatic heterocycles. The summed E-state index contributed by atoms with van der Waals surface area (Å²) in [6, 6.07) is 32.9. The lowest BCUT2D eigenvalue weighted by atomic mass is 9.55. The van der Waals surface area contributed by atoms with E-state index in [-0.39, 0.29) is 16.4 Å². The minimum Gasteiger partial charge on any atom is -0.220 e. The third-order valence-corrected chi connectivity index (χ3v) is 9.03. The fraction of sp³-hybridized carbons (Fsp3) is 0.222. The van der Waals surface area contributed by atoms with Gasteiger partial charge in [-0.25, -0.2) is 4.57 Å². The van der Waals surface area contributed by atoms with Gasteiger partial charge < -0.3 is 0 Å². The van der Waals surface area contributed by atoms with Crippen LogP contribution in [0.15, 0.2) is 109 Å². The zero-order valence-electron chi connectivity index (χ0n) is 22.8. The molecule has 0 spiro atoms. The molecule has 1 aromatic heterocycles. The number of benzene rings is 4. The van der Waals surface area contributed by atoms with E-state index in [0.717, 1.165) is 17.1 Å². The van der Waals surface area contributed by atoms with Crippen molar-refractivity contribution in [2.75, 3.05) is 0 Å². The fourth-order valence-corrected chi connectivity index (χ4v) is 6.58. The third-order valence-electron chi connectivity index (χ3n) is 9.03. The standard InChI is InChI=1S/C36H33N2/c1-34(2,3)30-23-29-32(28-14-10-9-13-27(28)30)35(4)20-21-36(35,5)38-22-19-31(37-33(29)38)26-17-15-25(16-18-26)24-11-7-6-8-12-24/h6-23H,1-5H3/q+1. The molecule has 2 nitrogen and oxygen atoms in total. The molecule has 0 amide bonds. The minimum atomic E-state index is -0.163. The molecule has 2 aliphatic rings. The Hall–Kier alpha value is -4.04. The molecule has 0 radical (unpaired) electrons. The van der Waals surface area contributed by atoms with Gasteiger partial charge in [-0.2, -0.15) is 0 Å². The highest BCUT2D eigenvalue weighted by atomic mass is 15.1. The molecule has 7 rings (SSSR count). The Morgan fingerprint density at radius 3 is 1.97 bits per heavy atom. The number of aromatic nitrogens is 2. The van der Waals surface area contributed by atoms with Gasteiger partial charge in [-0.1, -0.05) is 93.6 Å². The van der Waals surface area contributed by atoms with Gasteiger partial charge >= 0.3 is 5.82 Å². The number of nitrogens with zero attached hydrogens (tertiary/aromatic N) is 2. The normalized spacial score (nSPS) is 21.4. The van der Waals surface area contributed by atoms with Crippen LogP contribution < -0.4 is 4.57 Å². The molecule has 0 saturated heterocycles. The van der Waals surface area contributed by atoms with Crippen LogP contribution >= 0.6 is 0 Å². The van der Waals surface area contributed by atoms with Crippen molar-refractivity contribution in [3.63, 3.8) is 0 Å². The van der Waals surface area contributed by atoms with Gasteiger partial charge in [0.1, 0.15) is 5.54 Å². The van der Waals surface area contributed by atoms with Crippen molar-refractivity contribution in [3.8, 4) is 33.8 Å². The van der Waals surface area contributed by atoms with E-state index in [2.05, 4.69) is 149 Å². The Balaban J connectivity index is 1.46. The van der Waals surface area contributed by atoms with Gasteiger partial charge in [0.25, 0.3) is 0 Å². The largest absolute Gasteiger partial charge is 0.332 e. The van der Waals surface area contributed by atoms with E-state index in [1.165, 1.54) is 38.6 Å². The average molecular weight is 494 g/mol. The SMILES string of the molecule is CC(C)(C)c1cc2c(c3ccccc13)C1(C)C=CC1(C)[n+]1ccc(-c3ccc(-c4ccccc4)cc3)nc1-2. The van der Waals surface area contributed by atoms with Gasteiger partial charge in [0.05, 0.1) is 17.2 Å². The molecule has 0 fully saturated rings. The van der Waals surface area contributed by atoms with Crippen LogP contribution in [0.3, 0.4) is 0 Å². The van der Waals surface area contributed by atoms with Gasteiger partial charge in [-0.05, 0) is 81.5 Å². The first-order valence-electron chi connectivity index (χ1n) is 13.6. The van der Waals surface area contributed by atoms with Crippen molar-refractivity contribution >= 4 is 10.8 Å². The molecule has 38 heavy (non-hydrogen) atoms. The molecule has 1 aliphatic carbocycles. The Labute approximate surface area is 225 Å². The van der Waals surface area contributed by atoms with E-state index in [9.17, 15) is 0 Å². The zero-order chi connectivity index (χ0) is 26.3. The molecular weight excluding hydrogens is 460 g/mol. The minimum absolute atomic E-state index is 0.0153. The topological polar surface area (TPSA) is 16.8 Å². The maximum atomic E-state index is 5.38. The Morgan fingerprint density at radius 1 is 0.684 bits per heavy atom. The first-order valence-corrected chi connectivity index (χ1v) is 13.6. The molecule has 0 N–H and O–H groups in total. The molecule has 2 unspecified atom stereocenters. The van der Waals surface area contributed by atoms with Crippen molar-refractivity contribution < 1.29 is 4.57 Å². The highest BCUT2D eigenvalue weighted by molar-refractivity contribution is 5.96. The first kappa shape index (κ1) is 23.1. The van der Waals surface area contributed by atoms with E-state index < -0.39 is 0 Å². The summed E-state index contributed by atoms with van der Waals surface area (Å²) < 4.78 is 2.40.